The molecule has 2 heterocycles. The highest BCUT2D eigenvalue weighted by Crippen LogP contribution is 2.28. The second kappa shape index (κ2) is 4.10. The zero-order chi connectivity index (χ0) is 13.6. The first-order valence-corrected chi connectivity index (χ1v) is 6.48. The highest BCUT2D eigenvalue weighted by Gasteiger charge is 2.33. The van der Waals surface area contributed by atoms with Gasteiger partial charge in [-0.1, -0.05) is 23.7 Å². The first kappa shape index (κ1) is 12.2. The fraction of sp³-hybridized carbons (Fsp3) is 0.286. The third kappa shape index (κ3) is 2.12. The van der Waals surface area contributed by atoms with Crippen molar-refractivity contribution in [3.8, 4) is 11.3 Å². The number of rotatable bonds is 1. The number of hydrogen-bond acceptors (Lipinski definition) is 2. The highest BCUT2D eigenvalue weighted by atomic mass is 35.5. The lowest BCUT2D eigenvalue weighted by Gasteiger charge is -2.30. The molecule has 0 spiro atoms. The summed E-state index contributed by atoms with van der Waals surface area (Å²) in [4.78, 5) is 16.3. The van der Waals surface area contributed by atoms with Crippen LogP contribution in [0.2, 0.25) is 5.02 Å². The predicted molar refractivity (Wildman–Crippen MR) is 73.8 cm³/mol. The molecule has 0 atom stereocenters. The molecule has 4 nitrogen and oxygen atoms in total. The molecule has 0 saturated carbocycles. The molecule has 1 aromatic carbocycles. The Morgan fingerprint density at radius 3 is 2.68 bits per heavy atom. The summed E-state index contributed by atoms with van der Waals surface area (Å²) >= 11 is 5.88. The van der Waals surface area contributed by atoms with Crippen LogP contribution in [0.1, 0.15) is 19.7 Å². The van der Waals surface area contributed by atoms with E-state index in [0.29, 0.717) is 11.6 Å². The van der Waals surface area contributed by atoms with Gasteiger partial charge in [-0.2, -0.15) is 0 Å². The van der Waals surface area contributed by atoms with Crippen LogP contribution in [0.4, 0.5) is 0 Å². The first-order valence-electron chi connectivity index (χ1n) is 6.10. The Bertz CT molecular complexity index is 643. The molecule has 19 heavy (non-hydrogen) atoms. The minimum Gasteiger partial charge on any atom is -0.342 e. The maximum Gasteiger partial charge on any atom is 0.240 e. The van der Waals surface area contributed by atoms with Crippen molar-refractivity contribution < 1.29 is 4.79 Å². The lowest BCUT2D eigenvalue weighted by molar-refractivity contribution is -0.124. The average Bonchev–Trinajstić information content (AvgIpc) is 2.73. The number of carbonyl (C=O) groups is 1. The van der Waals surface area contributed by atoms with Crippen LogP contribution < -0.4 is 5.32 Å². The van der Waals surface area contributed by atoms with E-state index in [9.17, 15) is 4.79 Å². The molecule has 98 valence electrons. The predicted octanol–water partition coefficient (Wildman–Crippen LogP) is 2.57. The molecule has 1 aliphatic heterocycles. The third-order valence-corrected chi connectivity index (χ3v) is 3.49. The minimum atomic E-state index is -0.444. The van der Waals surface area contributed by atoms with Crippen LogP contribution in [0.25, 0.3) is 11.3 Å². The number of imidazole rings is 1. The zero-order valence-electron chi connectivity index (χ0n) is 10.8. The summed E-state index contributed by atoms with van der Waals surface area (Å²) in [6.07, 6.45) is 1.92. The summed E-state index contributed by atoms with van der Waals surface area (Å²) in [5.41, 5.74) is 1.41. The molecule has 1 amide bonds. The molecular weight excluding hydrogens is 262 g/mol. The molecule has 1 N–H and O–H groups in total. The van der Waals surface area contributed by atoms with Gasteiger partial charge < -0.3 is 9.88 Å². The summed E-state index contributed by atoms with van der Waals surface area (Å²) in [6.45, 7) is 4.22. The van der Waals surface area contributed by atoms with Crippen molar-refractivity contribution in [2.45, 2.75) is 25.9 Å². The summed E-state index contributed by atoms with van der Waals surface area (Å²) in [7, 11) is 0. The summed E-state index contributed by atoms with van der Waals surface area (Å²) < 4.78 is 1.91. The highest BCUT2D eigenvalue weighted by molar-refractivity contribution is 6.30. The number of aromatic nitrogens is 2. The Labute approximate surface area is 116 Å². The molecule has 3 rings (SSSR count). The largest absolute Gasteiger partial charge is 0.342 e. The van der Waals surface area contributed by atoms with Gasteiger partial charge in [0.05, 0.1) is 11.2 Å². The molecule has 0 unspecified atom stereocenters. The first-order chi connectivity index (χ1) is 8.95. The standard InChI is InChI=1S/C14H14ClN3O/c1-14(2)13-16-11(7-18(13)8-12(19)17-14)9-3-5-10(15)6-4-9/h3-7H,8H2,1-2H3,(H,17,19). The molecule has 0 radical (unpaired) electrons. The molecule has 0 fully saturated rings. The second-order valence-electron chi connectivity index (χ2n) is 5.26. The van der Waals surface area contributed by atoms with Crippen molar-refractivity contribution in [2.75, 3.05) is 0 Å². The maximum absolute atomic E-state index is 11.7. The van der Waals surface area contributed by atoms with Gasteiger partial charge in [0.25, 0.3) is 0 Å². The van der Waals surface area contributed by atoms with Gasteiger partial charge in [-0.3, -0.25) is 4.79 Å². The number of fused-ring (bicyclic) bond motifs is 1. The smallest absolute Gasteiger partial charge is 0.240 e. The van der Waals surface area contributed by atoms with Crippen LogP contribution in [0.3, 0.4) is 0 Å². The van der Waals surface area contributed by atoms with E-state index in [-0.39, 0.29) is 5.91 Å². The average molecular weight is 276 g/mol. The SMILES string of the molecule is CC1(C)NC(=O)Cn2cc(-c3ccc(Cl)cc3)nc21. The Balaban J connectivity index is 2.07. The lowest BCUT2D eigenvalue weighted by Crippen LogP contribution is -2.48. The van der Waals surface area contributed by atoms with E-state index in [2.05, 4.69) is 10.3 Å². The van der Waals surface area contributed by atoms with Crippen molar-refractivity contribution in [1.29, 1.82) is 0 Å². The molecular formula is C14H14ClN3O. The molecule has 0 bridgehead atoms. The fourth-order valence-corrected chi connectivity index (χ4v) is 2.52. The Morgan fingerprint density at radius 1 is 1.32 bits per heavy atom. The van der Waals surface area contributed by atoms with Crippen LogP contribution in [-0.2, 0) is 16.9 Å². The summed E-state index contributed by atoms with van der Waals surface area (Å²) in [5, 5.41) is 3.64. The Kier molecular flexibility index (Phi) is 2.64. The third-order valence-electron chi connectivity index (χ3n) is 3.24. The normalized spacial score (nSPS) is 16.9. The van der Waals surface area contributed by atoms with E-state index < -0.39 is 5.54 Å². The Morgan fingerprint density at radius 2 is 2.00 bits per heavy atom. The van der Waals surface area contributed by atoms with Gasteiger partial charge in [-0.15, -0.1) is 0 Å². The number of amides is 1. The lowest BCUT2D eigenvalue weighted by atomic mass is 10.0. The molecule has 2 aromatic rings. The molecule has 5 heteroatoms. The number of nitrogens with one attached hydrogen (secondary N) is 1. The van der Waals surface area contributed by atoms with Crippen LogP contribution in [0, 0.1) is 0 Å². The van der Waals surface area contributed by atoms with Gasteiger partial charge in [0.15, 0.2) is 0 Å². The number of halogens is 1. The van der Waals surface area contributed by atoms with Crippen LogP contribution >= 0.6 is 11.6 Å². The van der Waals surface area contributed by atoms with Crippen molar-refractivity contribution in [1.82, 2.24) is 14.9 Å². The summed E-state index contributed by atoms with van der Waals surface area (Å²) in [6, 6.07) is 7.53. The number of carbonyl (C=O) groups excluding carboxylic acids is 1. The van der Waals surface area contributed by atoms with Crippen molar-refractivity contribution in [2.24, 2.45) is 0 Å². The van der Waals surface area contributed by atoms with Gasteiger partial charge in [-0.05, 0) is 26.0 Å². The topological polar surface area (TPSA) is 46.9 Å². The van der Waals surface area contributed by atoms with Crippen LogP contribution in [0.15, 0.2) is 30.5 Å². The van der Waals surface area contributed by atoms with E-state index in [4.69, 9.17) is 11.6 Å². The van der Waals surface area contributed by atoms with Gasteiger partial charge in [0.1, 0.15) is 12.4 Å². The van der Waals surface area contributed by atoms with Crippen molar-refractivity contribution >= 4 is 17.5 Å². The van der Waals surface area contributed by atoms with E-state index >= 15 is 0 Å². The molecule has 0 aliphatic carbocycles. The zero-order valence-corrected chi connectivity index (χ0v) is 11.5. The monoisotopic (exact) mass is 275 g/mol. The fourth-order valence-electron chi connectivity index (χ4n) is 2.39. The van der Waals surface area contributed by atoms with Gasteiger partial charge in [0.2, 0.25) is 5.91 Å². The molecule has 0 saturated heterocycles. The van der Waals surface area contributed by atoms with Gasteiger partial charge in [-0.25, -0.2) is 4.98 Å². The summed E-state index contributed by atoms with van der Waals surface area (Å²) in [5.74, 6) is 0.884. The van der Waals surface area contributed by atoms with E-state index in [1.54, 1.807) is 0 Å². The number of benzene rings is 1. The van der Waals surface area contributed by atoms with Gasteiger partial charge in [0, 0.05) is 16.8 Å². The second-order valence-corrected chi connectivity index (χ2v) is 5.69. The molecule has 1 aliphatic rings. The van der Waals surface area contributed by atoms with Crippen LogP contribution in [-0.4, -0.2) is 15.5 Å². The number of nitrogens with zero attached hydrogens (tertiary/aromatic N) is 2. The minimum absolute atomic E-state index is 0.0116. The quantitative estimate of drug-likeness (QED) is 0.869. The van der Waals surface area contributed by atoms with Gasteiger partial charge >= 0.3 is 0 Å². The molecule has 1 aromatic heterocycles. The van der Waals surface area contributed by atoms with Crippen molar-refractivity contribution in [3.05, 3.63) is 41.3 Å². The number of hydrogen-bond donors (Lipinski definition) is 1. The van der Waals surface area contributed by atoms with E-state index in [1.807, 2.05) is 48.9 Å². The van der Waals surface area contributed by atoms with Crippen molar-refractivity contribution in [3.63, 3.8) is 0 Å². The Hall–Kier alpha value is -1.81. The van der Waals surface area contributed by atoms with Crippen LogP contribution in [0.5, 0.6) is 0 Å². The van der Waals surface area contributed by atoms with E-state index in [1.165, 1.54) is 0 Å². The maximum atomic E-state index is 11.7. The van der Waals surface area contributed by atoms with E-state index in [0.717, 1.165) is 17.1 Å².